The molecule has 1 unspecified atom stereocenters. The summed E-state index contributed by atoms with van der Waals surface area (Å²) in [5.41, 5.74) is 0.821. The molecule has 186 valence electrons. The van der Waals surface area contributed by atoms with Crippen molar-refractivity contribution in [2.75, 3.05) is 57.4 Å². The van der Waals surface area contributed by atoms with Crippen LogP contribution in [0, 0.1) is 12.8 Å². The van der Waals surface area contributed by atoms with E-state index in [2.05, 4.69) is 41.3 Å². The molecule has 0 aromatic carbocycles. The van der Waals surface area contributed by atoms with Crippen LogP contribution in [0.4, 0.5) is 10.6 Å². The number of likely N-dealkylation sites (tertiary alicyclic amines) is 1. The van der Waals surface area contributed by atoms with E-state index in [4.69, 9.17) is 14.6 Å². The van der Waals surface area contributed by atoms with Crippen molar-refractivity contribution >= 4 is 11.9 Å². The molecule has 1 aromatic heterocycles. The summed E-state index contributed by atoms with van der Waals surface area (Å²) in [6.07, 6.45) is 2.81. The van der Waals surface area contributed by atoms with Gasteiger partial charge in [0.25, 0.3) is 0 Å². The molecule has 3 aliphatic heterocycles. The molecule has 0 bridgehead atoms. The topological polar surface area (TPSA) is 63.1 Å². The summed E-state index contributed by atoms with van der Waals surface area (Å²) in [6, 6.07) is 2.58. The van der Waals surface area contributed by atoms with Gasteiger partial charge in [0.2, 0.25) is 0 Å². The van der Waals surface area contributed by atoms with Crippen LogP contribution in [-0.4, -0.2) is 89.3 Å². The number of hydrogen-bond acceptors (Lipinski definition) is 6. The minimum Gasteiger partial charge on any atom is -0.444 e. The normalized spacial score (nSPS) is 25.0. The number of carbonyl (C=O) groups excluding carboxylic acids is 1. The maximum Gasteiger partial charge on any atom is 0.410 e. The van der Waals surface area contributed by atoms with Gasteiger partial charge in [-0.05, 0) is 66.7 Å². The van der Waals surface area contributed by atoms with Crippen LogP contribution in [-0.2, 0) is 9.47 Å². The highest BCUT2D eigenvalue weighted by molar-refractivity contribution is 5.68. The fourth-order valence-corrected chi connectivity index (χ4v) is 5.56. The lowest BCUT2D eigenvalue weighted by Crippen LogP contribution is -2.48. The van der Waals surface area contributed by atoms with Gasteiger partial charge in [0.1, 0.15) is 5.60 Å². The van der Waals surface area contributed by atoms with Crippen LogP contribution in [0.3, 0.4) is 0 Å². The van der Waals surface area contributed by atoms with Gasteiger partial charge >= 0.3 is 6.09 Å². The molecule has 3 aliphatic rings. The Morgan fingerprint density at radius 2 is 1.79 bits per heavy atom. The summed E-state index contributed by atoms with van der Waals surface area (Å²) in [5.74, 6) is 1.72. The molecule has 3 fully saturated rings. The molecule has 1 amide bonds. The Hall–Kier alpha value is -1.80. The first-order valence-corrected chi connectivity index (χ1v) is 12.7. The first kappa shape index (κ1) is 24.3. The molecule has 4 rings (SSSR count). The first-order chi connectivity index (χ1) is 15.5. The molecule has 3 saturated heterocycles. The highest BCUT2D eigenvalue weighted by atomic mass is 16.6. The number of amides is 1. The largest absolute Gasteiger partial charge is 0.444 e. The van der Waals surface area contributed by atoms with Crippen LogP contribution in [0.15, 0.2) is 6.07 Å². The van der Waals surface area contributed by atoms with Crippen molar-refractivity contribution in [3.63, 3.8) is 0 Å². The van der Waals surface area contributed by atoms with Crippen molar-refractivity contribution in [1.29, 1.82) is 0 Å². The molecule has 1 atom stereocenters. The van der Waals surface area contributed by atoms with E-state index in [0.29, 0.717) is 25.0 Å². The summed E-state index contributed by atoms with van der Waals surface area (Å²) < 4.78 is 13.3. The Morgan fingerprint density at radius 1 is 1.12 bits per heavy atom. The van der Waals surface area contributed by atoms with E-state index in [0.717, 1.165) is 58.1 Å². The van der Waals surface area contributed by atoms with Crippen molar-refractivity contribution in [2.24, 2.45) is 5.92 Å². The smallest absolute Gasteiger partial charge is 0.410 e. The SMILES string of the molecule is Cc1cc(N2CCC(CN3CCOCC3)C2(C)C)nn1C1CCN(C(=O)OC(C)(C)C)CC1. The average Bonchev–Trinajstić information content (AvgIpc) is 3.26. The van der Waals surface area contributed by atoms with Crippen LogP contribution in [0.1, 0.15) is 65.6 Å². The highest BCUT2D eigenvalue weighted by Gasteiger charge is 2.43. The summed E-state index contributed by atoms with van der Waals surface area (Å²) in [7, 11) is 0. The Morgan fingerprint density at radius 3 is 2.42 bits per heavy atom. The van der Waals surface area contributed by atoms with Crippen LogP contribution in [0.5, 0.6) is 0 Å². The minimum atomic E-state index is -0.455. The Balaban J connectivity index is 1.38. The number of carbonyl (C=O) groups is 1. The molecule has 0 aliphatic carbocycles. The third-order valence-corrected chi connectivity index (χ3v) is 7.63. The van der Waals surface area contributed by atoms with Crippen molar-refractivity contribution < 1.29 is 14.3 Å². The molecule has 1 aromatic rings. The zero-order valence-corrected chi connectivity index (χ0v) is 21.5. The van der Waals surface area contributed by atoms with E-state index in [1.165, 1.54) is 12.1 Å². The zero-order chi connectivity index (χ0) is 23.8. The molecule has 8 nitrogen and oxygen atoms in total. The van der Waals surface area contributed by atoms with Gasteiger partial charge in [-0.1, -0.05) is 0 Å². The number of aryl methyl sites for hydroxylation is 1. The fourth-order valence-electron chi connectivity index (χ4n) is 5.56. The second kappa shape index (κ2) is 9.45. The molecule has 8 heteroatoms. The second-order valence-electron chi connectivity index (χ2n) is 11.5. The lowest BCUT2D eigenvalue weighted by molar-refractivity contribution is 0.0184. The number of rotatable bonds is 4. The van der Waals surface area contributed by atoms with E-state index >= 15 is 0 Å². The van der Waals surface area contributed by atoms with Crippen LogP contribution in [0.25, 0.3) is 0 Å². The van der Waals surface area contributed by atoms with Crippen LogP contribution >= 0.6 is 0 Å². The molecule has 0 saturated carbocycles. The van der Waals surface area contributed by atoms with E-state index in [1.54, 1.807) is 0 Å². The van der Waals surface area contributed by atoms with Crippen LogP contribution < -0.4 is 4.90 Å². The summed E-state index contributed by atoms with van der Waals surface area (Å²) in [6.45, 7) is 20.1. The number of piperidine rings is 1. The monoisotopic (exact) mass is 461 g/mol. The van der Waals surface area contributed by atoms with Gasteiger partial charge in [0.05, 0.1) is 19.3 Å². The van der Waals surface area contributed by atoms with Gasteiger partial charge < -0.3 is 19.3 Å². The predicted molar refractivity (Wildman–Crippen MR) is 130 cm³/mol. The van der Waals surface area contributed by atoms with Crippen molar-refractivity contribution in [1.82, 2.24) is 19.6 Å². The average molecular weight is 462 g/mol. The number of morpholine rings is 1. The third-order valence-electron chi connectivity index (χ3n) is 7.63. The number of nitrogens with zero attached hydrogens (tertiary/aromatic N) is 5. The molecule has 33 heavy (non-hydrogen) atoms. The van der Waals surface area contributed by atoms with Gasteiger partial charge in [-0.25, -0.2) is 4.79 Å². The Bertz CT molecular complexity index is 816. The maximum absolute atomic E-state index is 12.4. The molecular weight excluding hydrogens is 418 g/mol. The quantitative estimate of drug-likeness (QED) is 0.681. The summed E-state index contributed by atoms with van der Waals surface area (Å²) >= 11 is 0. The first-order valence-electron chi connectivity index (χ1n) is 12.7. The predicted octanol–water partition coefficient (Wildman–Crippen LogP) is 3.70. The minimum absolute atomic E-state index is 0.0734. The number of aromatic nitrogens is 2. The summed E-state index contributed by atoms with van der Waals surface area (Å²) in [4.78, 5) is 19.3. The van der Waals surface area contributed by atoms with E-state index in [-0.39, 0.29) is 11.6 Å². The molecular formula is C25H43N5O3. The van der Waals surface area contributed by atoms with E-state index in [1.807, 2.05) is 25.7 Å². The molecule has 0 N–H and O–H groups in total. The Labute approximate surface area is 199 Å². The van der Waals surface area contributed by atoms with E-state index < -0.39 is 5.60 Å². The molecule has 4 heterocycles. The van der Waals surface area contributed by atoms with Gasteiger partial charge in [-0.2, -0.15) is 5.10 Å². The number of anilines is 1. The van der Waals surface area contributed by atoms with Crippen molar-refractivity contribution in [2.45, 2.75) is 78.0 Å². The van der Waals surface area contributed by atoms with Crippen LogP contribution in [0.2, 0.25) is 0 Å². The van der Waals surface area contributed by atoms with Gasteiger partial charge in [0.15, 0.2) is 5.82 Å². The third kappa shape index (κ3) is 5.48. The maximum atomic E-state index is 12.4. The highest BCUT2D eigenvalue weighted by Crippen LogP contribution is 2.39. The second-order valence-corrected chi connectivity index (χ2v) is 11.5. The zero-order valence-electron chi connectivity index (χ0n) is 21.5. The Kier molecular flexibility index (Phi) is 6.97. The fraction of sp³-hybridized carbons (Fsp3) is 0.840. The van der Waals surface area contributed by atoms with Crippen molar-refractivity contribution in [3.05, 3.63) is 11.8 Å². The molecule has 0 spiro atoms. The number of hydrogen-bond donors (Lipinski definition) is 0. The van der Waals surface area contributed by atoms with Gasteiger partial charge in [0, 0.05) is 56.6 Å². The van der Waals surface area contributed by atoms with E-state index in [9.17, 15) is 4.79 Å². The summed E-state index contributed by atoms with van der Waals surface area (Å²) in [5, 5.41) is 5.10. The lowest BCUT2D eigenvalue weighted by Gasteiger charge is -2.39. The van der Waals surface area contributed by atoms with Crippen molar-refractivity contribution in [3.8, 4) is 0 Å². The lowest BCUT2D eigenvalue weighted by atomic mass is 9.87. The molecule has 0 radical (unpaired) electrons. The number of ether oxygens (including phenoxy) is 2. The standard InChI is InChI=1S/C25H43N5O3/c1-19-17-22(29-12-7-20(25(29,5)6)18-27-13-15-32-16-14-27)26-30(19)21-8-10-28(11-9-21)23(31)33-24(2,3)4/h17,20-21H,7-16,18H2,1-6H3. The van der Waals surface area contributed by atoms with Gasteiger partial charge in [-0.3, -0.25) is 9.58 Å². The van der Waals surface area contributed by atoms with Gasteiger partial charge in [-0.15, -0.1) is 0 Å².